The Morgan fingerprint density at radius 1 is 1.11 bits per heavy atom. The fourth-order valence-corrected chi connectivity index (χ4v) is 3.96. The van der Waals surface area contributed by atoms with Gasteiger partial charge < -0.3 is 5.11 Å². The molecule has 2 heteroatoms. The van der Waals surface area contributed by atoms with Gasteiger partial charge in [0, 0.05) is 11.9 Å². The van der Waals surface area contributed by atoms with Crippen molar-refractivity contribution in [1.29, 1.82) is 0 Å². The van der Waals surface area contributed by atoms with Crippen LogP contribution in [-0.2, 0) is 12.8 Å². The topological polar surface area (TPSA) is 33.1 Å². The zero-order valence-electron chi connectivity index (χ0n) is 11.8. The van der Waals surface area contributed by atoms with Gasteiger partial charge in [0.15, 0.2) is 0 Å². The van der Waals surface area contributed by atoms with Gasteiger partial charge in [-0.25, -0.2) is 0 Å². The van der Waals surface area contributed by atoms with E-state index in [0.29, 0.717) is 5.92 Å². The van der Waals surface area contributed by atoms with Gasteiger partial charge in [0.1, 0.15) is 0 Å². The summed E-state index contributed by atoms with van der Waals surface area (Å²) >= 11 is 0. The Kier molecular flexibility index (Phi) is 3.88. The van der Waals surface area contributed by atoms with Crippen LogP contribution in [0.3, 0.4) is 0 Å². The molecule has 0 radical (unpaired) electrons. The van der Waals surface area contributed by atoms with Crippen LogP contribution in [-0.4, -0.2) is 15.7 Å². The standard InChI is InChI=1S/C17H25NO/c19-17-10-4-1-2-8-15(17)13-14-7-6-12-18-16(14)9-3-5-11-17/h6-7,12,15,19H,1-5,8-11,13H2/t15-,17-/m1/s1. The molecule has 1 heterocycles. The van der Waals surface area contributed by atoms with Gasteiger partial charge in [0.25, 0.3) is 0 Å². The molecular formula is C17H25NO. The van der Waals surface area contributed by atoms with Crippen molar-refractivity contribution < 1.29 is 5.11 Å². The van der Waals surface area contributed by atoms with Crippen molar-refractivity contribution in [3.63, 3.8) is 0 Å². The largest absolute Gasteiger partial charge is 0.390 e. The number of aromatic nitrogens is 1. The summed E-state index contributed by atoms with van der Waals surface area (Å²) in [7, 11) is 0. The summed E-state index contributed by atoms with van der Waals surface area (Å²) in [5.41, 5.74) is 2.25. The molecule has 1 aromatic rings. The highest BCUT2D eigenvalue weighted by molar-refractivity contribution is 5.22. The highest BCUT2D eigenvalue weighted by Gasteiger charge is 2.37. The van der Waals surface area contributed by atoms with Crippen LogP contribution in [0.2, 0.25) is 0 Å². The van der Waals surface area contributed by atoms with E-state index in [2.05, 4.69) is 11.1 Å². The van der Waals surface area contributed by atoms with Crippen LogP contribution < -0.4 is 0 Å². The molecule has 104 valence electrons. The third kappa shape index (κ3) is 2.84. The van der Waals surface area contributed by atoms with Crippen molar-refractivity contribution in [2.75, 3.05) is 0 Å². The molecule has 0 amide bonds. The molecule has 0 spiro atoms. The SMILES string of the molecule is O[C@@]12CCCCC[C@@H]1Cc1cccnc1CCCC2. The second kappa shape index (κ2) is 5.62. The predicted molar refractivity (Wildman–Crippen MR) is 77.0 cm³/mol. The number of pyridine rings is 1. The smallest absolute Gasteiger partial charge is 0.0679 e. The number of rotatable bonds is 0. The molecule has 3 rings (SSSR count). The highest BCUT2D eigenvalue weighted by atomic mass is 16.3. The third-order valence-corrected chi connectivity index (χ3v) is 5.15. The molecule has 1 aromatic heterocycles. The van der Waals surface area contributed by atoms with Gasteiger partial charge in [-0.2, -0.15) is 0 Å². The van der Waals surface area contributed by atoms with Crippen molar-refractivity contribution in [1.82, 2.24) is 4.98 Å². The molecule has 2 nitrogen and oxygen atoms in total. The van der Waals surface area contributed by atoms with Crippen molar-refractivity contribution in [2.24, 2.45) is 5.92 Å². The Morgan fingerprint density at radius 3 is 2.84 bits per heavy atom. The summed E-state index contributed by atoms with van der Waals surface area (Å²) in [4.78, 5) is 4.56. The van der Waals surface area contributed by atoms with E-state index >= 15 is 0 Å². The lowest BCUT2D eigenvalue weighted by atomic mass is 9.77. The van der Waals surface area contributed by atoms with Crippen LogP contribution in [0, 0.1) is 5.92 Å². The van der Waals surface area contributed by atoms with Gasteiger partial charge >= 0.3 is 0 Å². The van der Waals surface area contributed by atoms with E-state index in [1.54, 1.807) is 0 Å². The van der Waals surface area contributed by atoms with Gasteiger partial charge in [-0.1, -0.05) is 31.7 Å². The van der Waals surface area contributed by atoms with Gasteiger partial charge in [-0.15, -0.1) is 0 Å². The summed E-state index contributed by atoms with van der Waals surface area (Å²) < 4.78 is 0. The summed E-state index contributed by atoms with van der Waals surface area (Å²) in [6, 6.07) is 4.27. The number of hydrogen-bond donors (Lipinski definition) is 1. The molecule has 2 atom stereocenters. The quantitative estimate of drug-likeness (QED) is 0.771. The molecule has 0 aromatic carbocycles. The number of aliphatic hydroxyl groups is 1. The number of aryl methyl sites for hydroxylation is 1. The van der Waals surface area contributed by atoms with E-state index in [0.717, 1.165) is 32.1 Å². The van der Waals surface area contributed by atoms with Crippen LogP contribution in [0.15, 0.2) is 18.3 Å². The average Bonchev–Trinajstić information content (AvgIpc) is 2.56. The van der Waals surface area contributed by atoms with Crippen LogP contribution in [0.5, 0.6) is 0 Å². The first-order valence-electron chi connectivity index (χ1n) is 7.93. The summed E-state index contributed by atoms with van der Waals surface area (Å²) in [5, 5.41) is 11.1. The second-order valence-electron chi connectivity index (χ2n) is 6.42. The van der Waals surface area contributed by atoms with Gasteiger partial charge in [-0.05, 0) is 56.1 Å². The lowest BCUT2D eigenvalue weighted by Gasteiger charge is -2.35. The normalized spacial score (nSPS) is 32.2. The molecule has 0 unspecified atom stereocenters. The molecule has 0 saturated heterocycles. The first-order chi connectivity index (χ1) is 9.28. The van der Waals surface area contributed by atoms with Crippen LogP contribution >= 0.6 is 0 Å². The fourth-order valence-electron chi connectivity index (χ4n) is 3.96. The van der Waals surface area contributed by atoms with Gasteiger partial charge in [-0.3, -0.25) is 4.98 Å². The Labute approximate surface area is 116 Å². The minimum Gasteiger partial charge on any atom is -0.390 e. The lowest BCUT2D eigenvalue weighted by molar-refractivity contribution is -0.0334. The Bertz CT molecular complexity index is 431. The van der Waals surface area contributed by atoms with Crippen LogP contribution in [0.4, 0.5) is 0 Å². The summed E-state index contributed by atoms with van der Waals surface area (Å²) in [5.74, 6) is 0.441. The lowest BCUT2D eigenvalue weighted by Crippen LogP contribution is -2.38. The van der Waals surface area contributed by atoms with Crippen molar-refractivity contribution >= 4 is 0 Å². The van der Waals surface area contributed by atoms with Gasteiger partial charge in [0.2, 0.25) is 0 Å². The maximum absolute atomic E-state index is 11.1. The van der Waals surface area contributed by atoms with Crippen LogP contribution in [0.1, 0.15) is 62.6 Å². The Morgan fingerprint density at radius 2 is 1.95 bits per heavy atom. The van der Waals surface area contributed by atoms with Crippen molar-refractivity contribution in [3.8, 4) is 0 Å². The van der Waals surface area contributed by atoms with Crippen molar-refractivity contribution in [3.05, 3.63) is 29.6 Å². The molecule has 0 bridgehead atoms. The minimum atomic E-state index is -0.409. The number of fused-ring (bicyclic) bond motifs is 2. The van der Waals surface area contributed by atoms with Crippen molar-refractivity contribution in [2.45, 2.75) is 69.8 Å². The average molecular weight is 259 g/mol. The summed E-state index contributed by atoms with van der Waals surface area (Å²) in [6.45, 7) is 0. The van der Waals surface area contributed by atoms with Crippen LogP contribution in [0.25, 0.3) is 0 Å². The van der Waals surface area contributed by atoms with E-state index in [4.69, 9.17) is 0 Å². The highest BCUT2D eigenvalue weighted by Crippen LogP contribution is 2.39. The third-order valence-electron chi connectivity index (χ3n) is 5.15. The Hall–Kier alpha value is -0.890. The molecule has 1 N–H and O–H groups in total. The molecule has 2 aliphatic carbocycles. The first-order valence-corrected chi connectivity index (χ1v) is 7.93. The molecule has 1 fully saturated rings. The zero-order chi connectivity index (χ0) is 13.1. The second-order valence-corrected chi connectivity index (χ2v) is 6.42. The minimum absolute atomic E-state index is 0.409. The monoisotopic (exact) mass is 259 g/mol. The zero-order valence-corrected chi connectivity index (χ0v) is 11.8. The van der Waals surface area contributed by atoms with E-state index < -0.39 is 5.60 Å². The molecular weight excluding hydrogens is 234 g/mol. The molecule has 1 saturated carbocycles. The first kappa shape index (κ1) is 13.1. The predicted octanol–water partition coefficient (Wildman–Crippen LogP) is 3.66. The van der Waals surface area contributed by atoms with E-state index in [9.17, 15) is 5.11 Å². The Balaban J connectivity index is 1.91. The van der Waals surface area contributed by atoms with Gasteiger partial charge in [0.05, 0.1) is 5.60 Å². The maximum Gasteiger partial charge on any atom is 0.0679 e. The molecule has 19 heavy (non-hydrogen) atoms. The van der Waals surface area contributed by atoms with E-state index in [-0.39, 0.29) is 0 Å². The van der Waals surface area contributed by atoms with E-state index in [1.165, 1.54) is 43.4 Å². The summed E-state index contributed by atoms with van der Waals surface area (Å²) in [6.07, 6.45) is 13.3. The van der Waals surface area contributed by atoms with E-state index in [1.807, 2.05) is 12.3 Å². The fraction of sp³-hybridized carbons (Fsp3) is 0.706. The maximum atomic E-state index is 11.1. The molecule has 2 aliphatic rings. The number of hydrogen-bond acceptors (Lipinski definition) is 2. The number of nitrogens with zero attached hydrogens (tertiary/aromatic N) is 1. The molecule has 0 aliphatic heterocycles.